The molecule has 0 saturated heterocycles. The van der Waals surface area contributed by atoms with E-state index in [1.54, 1.807) is 0 Å². The van der Waals surface area contributed by atoms with Gasteiger partial charge in [0.15, 0.2) is 6.10 Å². The molecule has 0 aliphatic carbocycles. The highest BCUT2D eigenvalue weighted by atomic mass is 31.2. The fraction of sp³-hybridized carbons (Fsp3) is 0.773. The zero-order chi connectivity index (χ0) is 39.6. The molecule has 314 valence electrons. The molecular formula is C44H80NO8P. The van der Waals surface area contributed by atoms with Crippen molar-refractivity contribution in [3.05, 3.63) is 48.6 Å². The Morgan fingerprint density at radius 2 is 0.963 bits per heavy atom. The quantitative estimate of drug-likeness (QED) is 0.0269. The van der Waals surface area contributed by atoms with E-state index in [2.05, 4.69) is 62.5 Å². The smallest absolute Gasteiger partial charge is 0.462 e. The maximum absolute atomic E-state index is 12.6. The lowest BCUT2D eigenvalue weighted by molar-refractivity contribution is -0.161. The Bertz CT molecular complexity index is 1030. The summed E-state index contributed by atoms with van der Waals surface area (Å²) in [4.78, 5) is 34.8. The van der Waals surface area contributed by atoms with Gasteiger partial charge < -0.3 is 20.1 Å². The van der Waals surface area contributed by atoms with Gasteiger partial charge in [-0.2, -0.15) is 0 Å². The summed E-state index contributed by atoms with van der Waals surface area (Å²) >= 11 is 0. The molecule has 0 spiro atoms. The van der Waals surface area contributed by atoms with E-state index in [1.807, 2.05) is 0 Å². The van der Waals surface area contributed by atoms with Gasteiger partial charge in [-0.25, -0.2) is 4.57 Å². The molecule has 0 rings (SSSR count). The summed E-state index contributed by atoms with van der Waals surface area (Å²) in [5.74, 6) is -0.863. The van der Waals surface area contributed by atoms with Crippen LogP contribution in [0, 0.1) is 0 Å². The molecule has 0 radical (unpaired) electrons. The predicted molar refractivity (Wildman–Crippen MR) is 224 cm³/mol. The topological polar surface area (TPSA) is 134 Å². The Kier molecular flexibility index (Phi) is 39.1. The van der Waals surface area contributed by atoms with E-state index in [0.29, 0.717) is 6.42 Å². The minimum atomic E-state index is -4.38. The zero-order valence-electron chi connectivity index (χ0n) is 34.4. The van der Waals surface area contributed by atoms with Crippen LogP contribution >= 0.6 is 7.82 Å². The minimum Gasteiger partial charge on any atom is -0.462 e. The summed E-state index contributed by atoms with van der Waals surface area (Å²) in [6.45, 7) is 3.67. The molecule has 3 N–H and O–H groups in total. The number of ether oxygens (including phenoxy) is 2. The average molecular weight is 782 g/mol. The summed E-state index contributed by atoms with van der Waals surface area (Å²) in [7, 11) is -4.38. The molecule has 2 atom stereocenters. The first-order valence-electron chi connectivity index (χ1n) is 21.6. The van der Waals surface area contributed by atoms with Gasteiger partial charge in [-0.3, -0.25) is 18.6 Å². The van der Waals surface area contributed by atoms with Crippen LogP contribution in [0.4, 0.5) is 0 Å². The van der Waals surface area contributed by atoms with Crippen molar-refractivity contribution < 1.29 is 37.6 Å². The molecule has 0 heterocycles. The average Bonchev–Trinajstić information content (AvgIpc) is 3.16. The first-order chi connectivity index (χ1) is 26.3. The highest BCUT2D eigenvalue weighted by Crippen LogP contribution is 2.43. The Morgan fingerprint density at radius 3 is 1.46 bits per heavy atom. The van der Waals surface area contributed by atoms with Gasteiger partial charge in [0, 0.05) is 19.4 Å². The molecule has 0 fully saturated rings. The molecule has 10 heteroatoms. The first kappa shape index (κ1) is 52.0. The number of hydrogen-bond donors (Lipinski definition) is 2. The molecule has 0 bridgehead atoms. The second kappa shape index (κ2) is 40.6. The van der Waals surface area contributed by atoms with Gasteiger partial charge >= 0.3 is 19.8 Å². The molecule has 54 heavy (non-hydrogen) atoms. The third-order valence-corrected chi connectivity index (χ3v) is 9.95. The number of allylic oxidation sites excluding steroid dienone is 8. The SMILES string of the molecule is CCCCC/C=C\C/C=C\C/C=C\C/C=C\CCCCCC(=O)O[C@H](COC(=O)CCCCCCCCCCCCCCCC)COP(=O)(O)OCCN. The van der Waals surface area contributed by atoms with Crippen LogP contribution in [0.25, 0.3) is 0 Å². The normalized spacial score (nSPS) is 13.8. The summed E-state index contributed by atoms with van der Waals surface area (Å²) in [5, 5.41) is 0. The van der Waals surface area contributed by atoms with Crippen molar-refractivity contribution in [2.24, 2.45) is 5.73 Å². The molecule has 0 aliphatic heterocycles. The van der Waals surface area contributed by atoms with E-state index in [9.17, 15) is 19.0 Å². The minimum absolute atomic E-state index is 0.0472. The van der Waals surface area contributed by atoms with Crippen molar-refractivity contribution >= 4 is 19.8 Å². The van der Waals surface area contributed by atoms with Crippen molar-refractivity contribution in [1.82, 2.24) is 0 Å². The first-order valence-corrected chi connectivity index (χ1v) is 23.1. The van der Waals surface area contributed by atoms with Crippen LogP contribution in [-0.4, -0.2) is 49.3 Å². The van der Waals surface area contributed by atoms with E-state index >= 15 is 0 Å². The van der Waals surface area contributed by atoms with Crippen LogP contribution in [0.5, 0.6) is 0 Å². The monoisotopic (exact) mass is 782 g/mol. The summed E-state index contributed by atoms with van der Waals surface area (Å²) in [5.41, 5.74) is 5.34. The summed E-state index contributed by atoms with van der Waals surface area (Å²) in [6, 6.07) is 0. The van der Waals surface area contributed by atoms with Gasteiger partial charge in [0.2, 0.25) is 0 Å². The van der Waals surface area contributed by atoms with Crippen LogP contribution in [0.2, 0.25) is 0 Å². The van der Waals surface area contributed by atoms with Crippen LogP contribution in [0.15, 0.2) is 48.6 Å². The van der Waals surface area contributed by atoms with Crippen molar-refractivity contribution in [3.8, 4) is 0 Å². The van der Waals surface area contributed by atoms with Gasteiger partial charge in [-0.05, 0) is 57.8 Å². The Hall–Kier alpha value is -2.03. The molecule has 0 amide bonds. The number of hydrogen-bond acceptors (Lipinski definition) is 8. The Morgan fingerprint density at radius 1 is 0.556 bits per heavy atom. The number of carbonyl (C=O) groups excluding carboxylic acids is 2. The summed E-state index contributed by atoms with van der Waals surface area (Å²) < 4.78 is 32.7. The lowest BCUT2D eigenvalue weighted by Gasteiger charge is -2.19. The van der Waals surface area contributed by atoms with Gasteiger partial charge in [0.05, 0.1) is 13.2 Å². The molecular weight excluding hydrogens is 701 g/mol. The fourth-order valence-electron chi connectivity index (χ4n) is 5.73. The molecule has 0 saturated carbocycles. The van der Waals surface area contributed by atoms with Gasteiger partial charge in [-0.15, -0.1) is 0 Å². The van der Waals surface area contributed by atoms with Gasteiger partial charge in [0.1, 0.15) is 6.61 Å². The Labute approximate surface area is 330 Å². The van der Waals surface area contributed by atoms with Crippen molar-refractivity contribution in [3.63, 3.8) is 0 Å². The van der Waals surface area contributed by atoms with Gasteiger partial charge in [0.25, 0.3) is 0 Å². The second-order valence-electron chi connectivity index (χ2n) is 14.2. The van der Waals surface area contributed by atoms with E-state index < -0.39 is 32.5 Å². The lowest BCUT2D eigenvalue weighted by atomic mass is 10.0. The van der Waals surface area contributed by atoms with E-state index in [0.717, 1.165) is 57.8 Å². The maximum atomic E-state index is 12.6. The van der Waals surface area contributed by atoms with Crippen LogP contribution < -0.4 is 5.73 Å². The van der Waals surface area contributed by atoms with Gasteiger partial charge in [-0.1, -0.05) is 165 Å². The van der Waals surface area contributed by atoms with E-state index in [1.165, 1.54) is 96.3 Å². The molecule has 1 unspecified atom stereocenters. The molecule has 9 nitrogen and oxygen atoms in total. The highest BCUT2D eigenvalue weighted by Gasteiger charge is 2.26. The predicted octanol–water partition coefficient (Wildman–Crippen LogP) is 12.3. The van der Waals surface area contributed by atoms with Crippen molar-refractivity contribution in [2.45, 2.75) is 193 Å². The number of phosphoric acid groups is 1. The molecule has 0 aromatic rings. The van der Waals surface area contributed by atoms with E-state index in [-0.39, 0.29) is 32.6 Å². The van der Waals surface area contributed by atoms with E-state index in [4.69, 9.17) is 24.3 Å². The van der Waals surface area contributed by atoms with Crippen molar-refractivity contribution in [1.29, 1.82) is 0 Å². The van der Waals surface area contributed by atoms with Crippen molar-refractivity contribution in [2.75, 3.05) is 26.4 Å². The molecule has 0 aliphatic rings. The number of carbonyl (C=O) groups is 2. The lowest BCUT2D eigenvalue weighted by Crippen LogP contribution is -2.29. The number of phosphoric ester groups is 1. The molecule has 0 aromatic heterocycles. The van der Waals surface area contributed by atoms with Crippen LogP contribution in [0.3, 0.4) is 0 Å². The third-order valence-electron chi connectivity index (χ3n) is 8.97. The standard InChI is InChI=1S/C44H80NO8P/c1-3-5-7-9-11-13-15-17-19-20-21-22-23-25-27-29-31-33-35-37-44(47)53-42(41-52-54(48,49)51-39-38-45)40-50-43(46)36-34-32-30-28-26-24-18-16-14-12-10-8-6-4-2/h11,13,17,19,21-22,25,27,42H,3-10,12,14-16,18,20,23-24,26,28-41,45H2,1-2H3,(H,48,49)/b13-11-,19-17-,22-21-,27-25-/t42-/m1/s1. The maximum Gasteiger partial charge on any atom is 0.472 e. The largest absolute Gasteiger partial charge is 0.472 e. The molecule has 0 aromatic carbocycles. The third kappa shape index (κ3) is 39.7. The van der Waals surface area contributed by atoms with Crippen LogP contribution in [-0.2, 0) is 32.7 Å². The number of rotatable bonds is 40. The number of nitrogens with two attached hydrogens (primary N) is 1. The van der Waals surface area contributed by atoms with Crippen LogP contribution in [0.1, 0.15) is 187 Å². The second-order valence-corrected chi connectivity index (χ2v) is 15.7. The highest BCUT2D eigenvalue weighted by molar-refractivity contribution is 7.47. The Balaban J connectivity index is 4.23. The number of unbranched alkanes of at least 4 members (excludes halogenated alkanes) is 19. The zero-order valence-corrected chi connectivity index (χ0v) is 35.3. The summed E-state index contributed by atoms with van der Waals surface area (Å²) in [6.07, 6.45) is 45.6. The fourth-order valence-corrected chi connectivity index (χ4v) is 6.50. The number of esters is 2.